The highest BCUT2D eigenvalue weighted by Gasteiger charge is 2.19. The lowest BCUT2D eigenvalue weighted by molar-refractivity contribution is 0.340. The van der Waals surface area contributed by atoms with Gasteiger partial charge in [-0.25, -0.2) is 4.98 Å². The van der Waals surface area contributed by atoms with E-state index in [1.165, 1.54) is 21.2 Å². The molecule has 0 aliphatic heterocycles. The molecule has 0 atom stereocenters. The third kappa shape index (κ3) is 4.60. The van der Waals surface area contributed by atoms with Crippen molar-refractivity contribution in [1.82, 2.24) is 9.55 Å². The molecule has 0 bridgehead atoms. The molecule has 178 valence electrons. The summed E-state index contributed by atoms with van der Waals surface area (Å²) in [4.78, 5) is 21.0. The Bertz CT molecular complexity index is 1550. The van der Waals surface area contributed by atoms with Crippen LogP contribution < -0.4 is 10.3 Å². The molecule has 4 nitrogen and oxygen atoms in total. The van der Waals surface area contributed by atoms with Crippen LogP contribution in [0, 0.1) is 6.92 Å². The maximum atomic E-state index is 13.9. The van der Waals surface area contributed by atoms with E-state index in [0.717, 1.165) is 45.8 Å². The van der Waals surface area contributed by atoms with Gasteiger partial charge in [0, 0.05) is 10.6 Å². The molecule has 5 aromatic rings. The van der Waals surface area contributed by atoms with Gasteiger partial charge in [0.05, 0.1) is 17.7 Å². The van der Waals surface area contributed by atoms with Gasteiger partial charge in [0.15, 0.2) is 5.16 Å². The minimum Gasteiger partial charge on any atom is -0.494 e. The van der Waals surface area contributed by atoms with E-state index in [-0.39, 0.29) is 5.56 Å². The van der Waals surface area contributed by atoms with Gasteiger partial charge in [-0.2, -0.15) is 0 Å². The first-order valence-corrected chi connectivity index (χ1v) is 13.8. The zero-order valence-electron chi connectivity index (χ0n) is 20.2. The van der Waals surface area contributed by atoms with Crippen LogP contribution >= 0.6 is 23.1 Å². The number of aryl methyl sites for hydroxylation is 2. The van der Waals surface area contributed by atoms with Gasteiger partial charge < -0.3 is 4.74 Å². The Morgan fingerprint density at radius 1 is 1.00 bits per heavy atom. The summed E-state index contributed by atoms with van der Waals surface area (Å²) in [6.45, 7) is 6.79. The molecule has 3 aromatic carbocycles. The maximum Gasteiger partial charge on any atom is 0.267 e. The second kappa shape index (κ2) is 10.3. The molecule has 6 heteroatoms. The zero-order valence-corrected chi connectivity index (χ0v) is 21.8. The molecular formula is C29H28N2O2S2. The Balaban J connectivity index is 1.63. The smallest absolute Gasteiger partial charge is 0.267 e. The number of hydrogen-bond acceptors (Lipinski definition) is 5. The van der Waals surface area contributed by atoms with Crippen molar-refractivity contribution in [3.8, 4) is 11.4 Å². The van der Waals surface area contributed by atoms with E-state index >= 15 is 0 Å². The van der Waals surface area contributed by atoms with Crippen LogP contribution in [0.15, 0.2) is 76.7 Å². The maximum absolute atomic E-state index is 13.9. The molecule has 35 heavy (non-hydrogen) atoms. The third-order valence-electron chi connectivity index (χ3n) is 6.15. The van der Waals surface area contributed by atoms with Crippen LogP contribution in [0.5, 0.6) is 5.75 Å². The largest absolute Gasteiger partial charge is 0.494 e. The molecule has 0 radical (unpaired) electrons. The van der Waals surface area contributed by atoms with Crippen molar-refractivity contribution in [2.45, 2.75) is 44.5 Å². The van der Waals surface area contributed by atoms with Crippen molar-refractivity contribution in [3.63, 3.8) is 0 Å². The number of ether oxygens (including phenoxy) is 1. The predicted octanol–water partition coefficient (Wildman–Crippen LogP) is 7.55. The molecule has 0 unspecified atom stereocenters. The van der Waals surface area contributed by atoms with Gasteiger partial charge in [0.25, 0.3) is 5.56 Å². The van der Waals surface area contributed by atoms with Crippen LogP contribution in [-0.4, -0.2) is 16.2 Å². The monoisotopic (exact) mass is 500 g/mol. The third-order valence-corrected chi connectivity index (χ3v) is 8.38. The van der Waals surface area contributed by atoms with Gasteiger partial charge in [-0.05, 0) is 66.4 Å². The number of rotatable bonds is 8. The minimum atomic E-state index is -0.00400. The van der Waals surface area contributed by atoms with Crippen molar-refractivity contribution < 1.29 is 4.74 Å². The number of thiophene rings is 1. The van der Waals surface area contributed by atoms with Crippen molar-refractivity contribution in [3.05, 3.63) is 93.1 Å². The lowest BCUT2D eigenvalue weighted by Gasteiger charge is -2.14. The highest BCUT2D eigenvalue weighted by Crippen LogP contribution is 2.33. The normalized spacial score (nSPS) is 11.4. The van der Waals surface area contributed by atoms with Crippen molar-refractivity contribution in [1.29, 1.82) is 0 Å². The van der Waals surface area contributed by atoms with E-state index in [0.29, 0.717) is 11.8 Å². The quantitative estimate of drug-likeness (QED) is 0.163. The lowest BCUT2D eigenvalue weighted by atomic mass is 10.1. The average molecular weight is 501 g/mol. The fourth-order valence-corrected chi connectivity index (χ4v) is 6.76. The summed E-state index contributed by atoms with van der Waals surface area (Å²) in [5.74, 6) is 1.52. The Labute approximate surface area is 213 Å². The van der Waals surface area contributed by atoms with Gasteiger partial charge in [-0.3, -0.25) is 9.36 Å². The summed E-state index contributed by atoms with van der Waals surface area (Å²) in [6, 6.07) is 22.5. The molecule has 0 fully saturated rings. The molecule has 0 saturated heterocycles. The molecule has 2 aromatic heterocycles. The van der Waals surface area contributed by atoms with E-state index in [4.69, 9.17) is 9.72 Å². The number of aromatic nitrogens is 2. The highest BCUT2D eigenvalue weighted by atomic mass is 32.2. The summed E-state index contributed by atoms with van der Waals surface area (Å²) >= 11 is 3.27. The first kappa shape index (κ1) is 23.6. The van der Waals surface area contributed by atoms with E-state index in [2.05, 4.69) is 56.3 Å². The van der Waals surface area contributed by atoms with Gasteiger partial charge >= 0.3 is 0 Å². The average Bonchev–Trinajstić information content (AvgIpc) is 3.19. The Morgan fingerprint density at radius 2 is 1.77 bits per heavy atom. The summed E-state index contributed by atoms with van der Waals surface area (Å²) in [5, 5.41) is 3.90. The Hall–Kier alpha value is -3.09. The first-order chi connectivity index (χ1) is 17.1. The molecule has 2 heterocycles. The van der Waals surface area contributed by atoms with Crippen LogP contribution in [-0.2, 0) is 12.2 Å². The molecule has 0 N–H and O–H groups in total. The molecule has 0 aliphatic rings. The molecule has 0 spiro atoms. The molecule has 5 rings (SSSR count). The molecule has 0 saturated carbocycles. The summed E-state index contributed by atoms with van der Waals surface area (Å²) in [7, 11) is 0. The van der Waals surface area contributed by atoms with E-state index < -0.39 is 0 Å². The Morgan fingerprint density at radius 3 is 2.54 bits per heavy atom. The predicted molar refractivity (Wildman–Crippen MR) is 149 cm³/mol. The van der Waals surface area contributed by atoms with Crippen LogP contribution in [0.2, 0.25) is 0 Å². The van der Waals surface area contributed by atoms with Gasteiger partial charge in [-0.15, -0.1) is 11.3 Å². The molecular weight excluding hydrogens is 472 g/mol. The lowest BCUT2D eigenvalue weighted by Crippen LogP contribution is -2.21. The molecule has 0 amide bonds. The van der Waals surface area contributed by atoms with Gasteiger partial charge in [-0.1, -0.05) is 67.6 Å². The van der Waals surface area contributed by atoms with Crippen LogP contribution in [0.1, 0.15) is 36.3 Å². The standard InChI is InChI=1S/C29H28N2O2S2/c1-4-9-25-19(3)26-27(35-25)30-29(31(28(26)32)22-14-16-23(17-15-22)33-5-2)34-18-21-12-8-11-20-10-6-7-13-24(20)21/h6-8,10-17H,4-5,9,18H2,1-3H3. The number of fused-ring (bicyclic) bond motifs is 2. The van der Waals surface area contributed by atoms with E-state index in [1.54, 1.807) is 27.7 Å². The summed E-state index contributed by atoms with van der Waals surface area (Å²) in [5.41, 5.74) is 3.09. The minimum absolute atomic E-state index is 0.00400. The van der Waals surface area contributed by atoms with Crippen LogP contribution in [0.4, 0.5) is 0 Å². The number of thioether (sulfide) groups is 1. The second-order valence-corrected chi connectivity index (χ2v) is 10.5. The number of nitrogens with zero attached hydrogens (tertiary/aromatic N) is 2. The number of hydrogen-bond donors (Lipinski definition) is 0. The van der Waals surface area contributed by atoms with E-state index in [9.17, 15) is 4.79 Å². The highest BCUT2D eigenvalue weighted by molar-refractivity contribution is 7.98. The van der Waals surface area contributed by atoms with Crippen LogP contribution in [0.3, 0.4) is 0 Å². The topological polar surface area (TPSA) is 44.1 Å². The fourth-order valence-electron chi connectivity index (χ4n) is 4.42. The van der Waals surface area contributed by atoms with E-state index in [1.807, 2.05) is 31.2 Å². The fraction of sp³-hybridized carbons (Fsp3) is 0.241. The van der Waals surface area contributed by atoms with Crippen LogP contribution in [0.25, 0.3) is 26.7 Å². The Kier molecular flexibility index (Phi) is 6.93. The second-order valence-electron chi connectivity index (χ2n) is 8.47. The van der Waals surface area contributed by atoms with Crippen molar-refractivity contribution >= 4 is 44.1 Å². The SMILES string of the molecule is CCCc1sc2nc(SCc3cccc4ccccc34)n(-c3ccc(OCC)cc3)c(=O)c2c1C. The number of benzene rings is 3. The van der Waals surface area contributed by atoms with Gasteiger partial charge in [0.2, 0.25) is 0 Å². The summed E-state index contributed by atoms with van der Waals surface area (Å²) < 4.78 is 7.38. The first-order valence-electron chi connectivity index (χ1n) is 12.0. The summed E-state index contributed by atoms with van der Waals surface area (Å²) in [6.07, 6.45) is 2.01. The zero-order chi connectivity index (χ0) is 24.4. The molecule has 0 aliphatic carbocycles. The van der Waals surface area contributed by atoms with Crippen molar-refractivity contribution in [2.24, 2.45) is 0 Å². The van der Waals surface area contributed by atoms with Gasteiger partial charge in [0.1, 0.15) is 10.6 Å². The van der Waals surface area contributed by atoms with Crippen molar-refractivity contribution in [2.75, 3.05) is 6.61 Å².